The second-order valence-corrected chi connectivity index (χ2v) is 7.62. The molecule has 29 heavy (non-hydrogen) atoms. The van der Waals surface area contributed by atoms with Crippen LogP contribution in [-0.4, -0.2) is 30.2 Å². The van der Waals surface area contributed by atoms with Crippen molar-refractivity contribution in [3.05, 3.63) is 89.6 Å². The van der Waals surface area contributed by atoms with Crippen LogP contribution < -0.4 is 5.32 Å². The average Bonchev–Trinajstić information content (AvgIpc) is 3.42. The van der Waals surface area contributed by atoms with Crippen molar-refractivity contribution in [2.24, 2.45) is 5.92 Å². The van der Waals surface area contributed by atoms with Crippen molar-refractivity contribution in [3.8, 4) is 0 Å². The Morgan fingerprint density at radius 2 is 1.90 bits per heavy atom. The first-order chi connectivity index (χ1) is 14.0. The first kappa shape index (κ1) is 17.8. The summed E-state index contributed by atoms with van der Waals surface area (Å²) < 4.78 is 18.9. The molecular formula is C23H19FN2O3. The first-order valence-electron chi connectivity index (χ1n) is 9.49. The molecule has 3 atom stereocenters. The van der Waals surface area contributed by atoms with Gasteiger partial charge in [0.25, 0.3) is 0 Å². The van der Waals surface area contributed by atoms with Crippen molar-refractivity contribution in [2.45, 2.75) is 11.5 Å². The number of carbonyl (C=O) groups is 2. The zero-order valence-electron chi connectivity index (χ0n) is 15.8. The molecule has 0 radical (unpaired) electrons. The molecule has 3 heterocycles. The number of likely N-dealkylation sites (N-methyl/N-ethyl adjacent to an activating group) is 1. The van der Waals surface area contributed by atoms with Gasteiger partial charge in [0.2, 0.25) is 11.7 Å². The summed E-state index contributed by atoms with van der Waals surface area (Å²) in [5, 5.41) is 2.95. The maximum Gasteiger partial charge on any atom is 0.250 e. The molecule has 1 saturated heterocycles. The van der Waals surface area contributed by atoms with Crippen LogP contribution in [0.5, 0.6) is 0 Å². The van der Waals surface area contributed by atoms with Crippen molar-refractivity contribution >= 4 is 17.4 Å². The van der Waals surface area contributed by atoms with Gasteiger partial charge in [0, 0.05) is 23.7 Å². The summed E-state index contributed by atoms with van der Waals surface area (Å²) in [6.45, 7) is 0.477. The number of nitrogens with zero attached hydrogens (tertiary/aromatic N) is 1. The molecule has 5 nitrogen and oxygen atoms in total. The number of benzene rings is 2. The van der Waals surface area contributed by atoms with E-state index in [9.17, 15) is 14.0 Å². The fourth-order valence-corrected chi connectivity index (χ4v) is 4.98. The molecule has 6 heteroatoms. The highest BCUT2D eigenvalue weighted by Gasteiger charge is 2.64. The maximum absolute atomic E-state index is 13.6. The van der Waals surface area contributed by atoms with Crippen molar-refractivity contribution in [1.29, 1.82) is 0 Å². The number of furan rings is 1. The summed E-state index contributed by atoms with van der Waals surface area (Å²) in [4.78, 5) is 29.0. The molecule has 1 aromatic heterocycles. The highest BCUT2D eigenvalue weighted by atomic mass is 19.1. The number of fused-ring (bicyclic) bond motifs is 2. The molecule has 0 saturated carbocycles. The number of anilines is 1. The topological polar surface area (TPSA) is 62.6 Å². The van der Waals surface area contributed by atoms with E-state index in [2.05, 4.69) is 5.32 Å². The zero-order valence-corrected chi connectivity index (χ0v) is 15.8. The average molecular weight is 390 g/mol. The Balaban J connectivity index is 1.73. The fraction of sp³-hybridized carbons (Fsp3) is 0.217. The molecule has 2 aromatic carbocycles. The minimum atomic E-state index is -1.15. The standard InChI is InChI=1S/C23H19FN2O3/c1-26-13-16(14-8-10-15(24)11-9-14)20(21(27)19-7-4-12-29-19)23(26)17-5-2-3-6-18(17)25-22(23)28/h2-12,16,20H,13H2,1H3,(H,25,28)/t16-,20?,23-/m1/s1. The Bertz CT molecular complexity index is 1090. The summed E-state index contributed by atoms with van der Waals surface area (Å²) >= 11 is 0. The van der Waals surface area contributed by atoms with Gasteiger partial charge < -0.3 is 9.73 Å². The molecule has 1 N–H and O–H groups in total. The van der Waals surface area contributed by atoms with E-state index in [1.807, 2.05) is 36.2 Å². The first-order valence-corrected chi connectivity index (χ1v) is 9.49. The van der Waals surface area contributed by atoms with E-state index in [1.54, 1.807) is 24.3 Å². The van der Waals surface area contributed by atoms with Crippen molar-refractivity contribution in [3.63, 3.8) is 0 Å². The van der Waals surface area contributed by atoms with Gasteiger partial charge in [0.05, 0.1) is 12.2 Å². The number of rotatable bonds is 3. The Labute approximate surface area is 167 Å². The molecule has 2 aliphatic heterocycles. The van der Waals surface area contributed by atoms with E-state index in [1.165, 1.54) is 18.4 Å². The zero-order chi connectivity index (χ0) is 20.2. The van der Waals surface area contributed by atoms with E-state index < -0.39 is 11.5 Å². The Morgan fingerprint density at radius 3 is 2.62 bits per heavy atom. The van der Waals surface area contributed by atoms with Gasteiger partial charge >= 0.3 is 0 Å². The molecule has 1 amide bonds. The molecule has 5 rings (SSSR count). The monoisotopic (exact) mass is 390 g/mol. The Kier molecular flexibility index (Phi) is 3.93. The minimum Gasteiger partial charge on any atom is -0.461 e. The van der Waals surface area contributed by atoms with Gasteiger partial charge in [0.1, 0.15) is 11.4 Å². The largest absolute Gasteiger partial charge is 0.461 e. The lowest BCUT2D eigenvalue weighted by molar-refractivity contribution is -0.126. The Hall–Kier alpha value is -3.25. The van der Waals surface area contributed by atoms with Gasteiger partial charge in [-0.05, 0) is 42.9 Å². The SMILES string of the molecule is CN1C[C@H](c2ccc(F)cc2)C(C(=O)c2ccco2)[C@]12C(=O)Nc1ccccc12. The van der Waals surface area contributed by atoms with E-state index in [-0.39, 0.29) is 29.2 Å². The molecule has 1 unspecified atom stereocenters. The second kappa shape index (κ2) is 6.39. The number of halogens is 1. The number of Topliss-reactive ketones (excluding diaryl/α,β-unsaturated/α-hetero) is 1. The lowest BCUT2D eigenvalue weighted by atomic mass is 9.71. The quantitative estimate of drug-likeness (QED) is 0.691. The van der Waals surface area contributed by atoms with Gasteiger partial charge in [-0.2, -0.15) is 0 Å². The van der Waals surface area contributed by atoms with Crippen molar-refractivity contribution < 1.29 is 18.4 Å². The third-order valence-electron chi connectivity index (χ3n) is 6.20. The predicted molar refractivity (Wildman–Crippen MR) is 105 cm³/mol. The van der Waals surface area contributed by atoms with Crippen LogP contribution in [-0.2, 0) is 10.3 Å². The molecule has 146 valence electrons. The normalized spacial score (nSPS) is 25.9. The summed E-state index contributed by atoms with van der Waals surface area (Å²) in [5.74, 6) is -1.60. The molecule has 2 aliphatic rings. The summed E-state index contributed by atoms with van der Waals surface area (Å²) in [7, 11) is 1.85. The van der Waals surface area contributed by atoms with Gasteiger partial charge in [-0.1, -0.05) is 30.3 Å². The number of hydrogen-bond acceptors (Lipinski definition) is 4. The van der Waals surface area contributed by atoms with Gasteiger partial charge in [-0.15, -0.1) is 0 Å². The molecule has 0 aliphatic carbocycles. The highest BCUT2D eigenvalue weighted by molar-refractivity contribution is 6.11. The molecule has 1 spiro atoms. The minimum absolute atomic E-state index is 0.217. The van der Waals surface area contributed by atoms with Crippen LogP contribution in [0.1, 0.15) is 27.6 Å². The number of ketones is 1. The smallest absolute Gasteiger partial charge is 0.250 e. The van der Waals surface area contributed by atoms with Crippen molar-refractivity contribution in [2.75, 3.05) is 18.9 Å². The van der Waals surface area contributed by atoms with Gasteiger partial charge in [0.15, 0.2) is 5.76 Å². The van der Waals surface area contributed by atoms with Gasteiger partial charge in [-0.25, -0.2) is 4.39 Å². The Morgan fingerprint density at radius 1 is 1.14 bits per heavy atom. The summed E-state index contributed by atoms with van der Waals surface area (Å²) in [5.41, 5.74) is 1.15. The molecule has 3 aromatic rings. The molecule has 1 fully saturated rings. The van der Waals surface area contributed by atoms with Crippen LogP contribution in [0.3, 0.4) is 0 Å². The van der Waals surface area contributed by atoms with Crippen LogP contribution in [0, 0.1) is 11.7 Å². The van der Waals surface area contributed by atoms with Crippen LogP contribution in [0.15, 0.2) is 71.3 Å². The second-order valence-electron chi connectivity index (χ2n) is 7.62. The van der Waals surface area contributed by atoms with Crippen LogP contribution in [0.4, 0.5) is 10.1 Å². The van der Waals surface area contributed by atoms with E-state index in [0.29, 0.717) is 12.2 Å². The van der Waals surface area contributed by atoms with Gasteiger partial charge in [-0.3, -0.25) is 14.5 Å². The maximum atomic E-state index is 13.6. The third-order valence-corrected chi connectivity index (χ3v) is 6.20. The number of amides is 1. The lowest BCUT2D eigenvalue weighted by Gasteiger charge is -2.35. The number of para-hydroxylation sites is 1. The summed E-state index contributed by atoms with van der Waals surface area (Å²) in [6, 6.07) is 16.9. The fourth-order valence-electron chi connectivity index (χ4n) is 4.98. The lowest BCUT2D eigenvalue weighted by Crippen LogP contribution is -2.51. The van der Waals surface area contributed by atoms with Crippen LogP contribution >= 0.6 is 0 Å². The number of likely N-dealkylation sites (tertiary alicyclic amines) is 1. The van der Waals surface area contributed by atoms with Crippen LogP contribution in [0.2, 0.25) is 0 Å². The van der Waals surface area contributed by atoms with E-state index in [0.717, 1.165) is 11.1 Å². The van der Waals surface area contributed by atoms with Crippen molar-refractivity contribution in [1.82, 2.24) is 4.90 Å². The van der Waals surface area contributed by atoms with E-state index >= 15 is 0 Å². The highest BCUT2D eigenvalue weighted by Crippen LogP contribution is 2.55. The molecule has 0 bridgehead atoms. The number of hydrogen-bond donors (Lipinski definition) is 1. The predicted octanol–water partition coefficient (Wildman–Crippen LogP) is 3.79. The number of nitrogens with one attached hydrogen (secondary N) is 1. The summed E-state index contributed by atoms with van der Waals surface area (Å²) in [6.07, 6.45) is 1.45. The van der Waals surface area contributed by atoms with Crippen LogP contribution in [0.25, 0.3) is 0 Å². The molecular weight excluding hydrogens is 371 g/mol. The number of carbonyl (C=O) groups excluding carboxylic acids is 2. The van der Waals surface area contributed by atoms with E-state index in [4.69, 9.17) is 4.42 Å². The third kappa shape index (κ3) is 2.42.